The van der Waals surface area contributed by atoms with Crippen LogP contribution in [-0.2, 0) is 16.6 Å². The fourth-order valence-corrected chi connectivity index (χ4v) is 5.10. The maximum atomic E-state index is 13.5. The fourth-order valence-electron chi connectivity index (χ4n) is 3.27. The summed E-state index contributed by atoms with van der Waals surface area (Å²) in [4.78, 5) is 0.360. The van der Waals surface area contributed by atoms with Gasteiger partial charge in [-0.1, -0.05) is 36.4 Å². The van der Waals surface area contributed by atoms with Gasteiger partial charge in [-0.15, -0.1) is 0 Å². The molecule has 0 aliphatic rings. The van der Waals surface area contributed by atoms with Gasteiger partial charge in [0.05, 0.1) is 37.2 Å². The maximum absolute atomic E-state index is 13.5. The van der Waals surface area contributed by atoms with E-state index in [1.807, 2.05) is 50.2 Å². The molecule has 4 nitrogen and oxygen atoms in total. The van der Waals surface area contributed by atoms with E-state index in [1.165, 1.54) is 0 Å². The van der Waals surface area contributed by atoms with Gasteiger partial charge in [0.15, 0.2) is 0 Å². The number of para-hydroxylation sites is 1. The smallest absolute Gasteiger partial charge is 0.268 e. The Bertz CT molecular complexity index is 1050. The number of rotatable bonds is 4. The van der Waals surface area contributed by atoms with E-state index < -0.39 is 10.0 Å². The van der Waals surface area contributed by atoms with E-state index in [0.29, 0.717) is 15.9 Å². The molecule has 0 saturated heterocycles. The lowest BCUT2D eigenvalue weighted by molar-refractivity contribution is -0.884. The molecular weight excluding hydrogens is 459 g/mol. The summed E-state index contributed by atoms with van der Waals surface area (Å²) in [6.07, 6.45) is 0. The average Bonchev–Trinajstić information content (AvgIpc) is 2.79. The predicted octanol–water partition coefficient (Wildman–Crippen LogP) is 0.705. The van der Waals surface area contributed by atoms with E-state index in [4.69, 9.17) is 0 Å². The van der Waals surface area contributed by atoms with Crippen LogP contribution in [0.5, 0.6) is 0 Å². The van der Waals surface area contributed by atoms with Gasteiger partial charge in [-0.05, 0) is 37.1 Å². The lowest BCUT2D eigenvalue weighted by Gasteiger charge is -2.25. The minimum absolute atomic E-state index is 0. The SMILES string of the molecule is Cc1ccccc1S(=O)(=O)n1c(C[N+](C)(C)C)c(C)c2ccccc21.[I-]. The Morgan fingerprint density at radius 1 is 0.923 bits per heavy atom. The number of quaternary nitrogens is 1. The normalized spacial score (nSPS) is 12.2. The van der Waals surface area contributed by atoms with Gasteiger partial charge < -0.3 is 28.5 Å². The van der Waals surface area contributed by atoms with Crippen LogP contribution in [0.3, 0.4) is 0 Å². The number of halogens is 1. The molecule has 3 aromatic rings. The number of hydrogen-bond acceptors (Lipinski definition) is 2. The highest BCUT2D eigenvalue weighted by Gasteiger charge is 2.28. The first-order chi connectivity index (χ1) is 11.6. The molecule has 0 fully saturated rings. The van der Waals surface area contributed by atoms with Crippen molar-refractivity contribution in [3.05, 3.63) is 65.4 Å². The highest BCUT2D eigenvalue weighted by molar-refractivity contribution is 7.90. The average molecular weight is 484 g/mol. The molecule has 0 saturated carbocycles. The fraction of sp³-hybridized carbons (Fsp3) is 0.300. The second-order valence-corrected chi connectivity index (χ2v) is 9.33. The van der Waals surface area contributed by atoms with Crippen LogP contribution in [0.4, 0.5) is 0 Å². The van der Waals surface area contributed by atoms with E-state index >= 15 is 0 Å². The van der Waals surface area contributed by atoms with Crippen LogP contribution in [0.15, 0.2) is 53.4 Å². The first kappa shape index (κ1) is 20.9. The zero-order valence-corrected chi connectivity index (χ0v) is 18.8. The summed E-state index contributed by atoms with van der Waals surface area (Å²) in [5.74, 6) is 0. The molecule has 0 spiro atoms. The number of hydrogen-bond donors (Lipinski definition) is 0. The van der Waals surface area contributed by atoms with Crippen LogP contribution >= 0.6 is 0 Å². The zero-order valence-electron chi connectivity index (χ0n) is 15.8. The molecule has 0 amide bonds. The van der Waals surface area contributed by atoms with Crippen molar-refractivity contribution in [1.82, 2.24) is 3.97 Å². The van der Waals surface area contributed by atoms with Crippen LogP contribution in [-0.4, -0.2) is 38.0 Å². The Hall–Kier alpha value is -1.38. The Morgan fingerprint density at radius 3 is 2.12 bits per heavy atom. The second kappa shape index (κ2) is 7.32. The molecule has 0 aliphatic heterocycles. The van der Waals surface area contributed by atoms with Crippen LogP contribution in [0.1, 0.15) is 16.8 Å². The minimum Gasteiger partial charge on any atom is -1.00 e. The molecular formula is C20H25IN2O2S. The quantitative estimate of drug-likeness (QED) is 0.404. The van der Waals surface area contributed by atoms with Gasteiger partial charge in [0.1, 0.15) is 6.54 Å². The van der Waals surface area contributed by atoms with Crippen molar-refractivity contribution in [2.75, 3.05) is 21.1 Å². The lowest BCUT2D eigenvalue weighted by atomic mass is 10.1. The van der Waals surface area contributed by atoms with Crippen molar-refractivity contribution in [2.45, 2.75) is 25.3 Å². The highest BCUT2D eigenvalue weighted by Crippen LogP contribution is 2.31. The van der Waals surface area contributed by atoms with E-state index in [0.717, 1.165) is 27.7 Å². The molecule has 140 valence electrons. The van der Waals surface area contributed by atoms with Gasteiger partial charge >= 0.3 is 0 Å². The molecule has 2 aromatic carbocycles. The Kier molecular flexibility index (Phi) is 5.90. The monoisotopic (exact) mass is 484 g/mol. The van der Waals surface area contributed by atoms with Crippen molar-refractivity contribution in [3.63, 3.8) is 0 Å². The number of fused-ring (bicyclic) bond motifs is 1. The summed E-state index contributed by atoms with van der Waals surface area (Å²) in [6.45, 7) is 4.48. The number of aromatic nitrogens is 1. The first-order valence-electron chi connectivity index (χ1n) is 8.33. The molecule has 3 rings (SSSR count). The van der Waals surface area contributed by atoms with Gasteiger partial charge in [0.25, 0.3) is 10.0 Å². The third-order valence-corrected chi connectivity index (χ3v) is 6.35. The van der Waals surface area contributed by atoms with Crippen molar-refractivity contribution >= 4 is 20.9 Å². The van der Waals surface area contributed by atoms with Crippen LogP contribution in [0, 0.1) is 13.8 Å². The second-order valence-electron chi connectivity index (χ2n) is 7.57. The molecule has 1 heterocycles. The maximum Gasteiger partial charge on any atom is 0.268 e. The van der Waals surface area contributed by atoms with E-state index in [2.05, 4.69) is 21.1 Å². The van der Waals surface area contributed by atoms with Crippen LogP contribution in [0.2, 0.25) is 0 Å². The topological polar surface area (TPSA) is 39.1 Å². The summed E-state index contributed by atoms with van der Waals surface area (Å²) in [7, 11) is 2.54. The molecule has 6 heteroatoms. The third kappa shape index (κ3) is 3.68. The summed E-state index contributed by atoms with van der Waals surface area (Å²) in [5, 5.41) is 0.989. The predicted molar refractivity (Wildman–Crippen MR) is 102 cm³/mol. The standard InChI is InChI=1S/C20H25N2O2S.HI/c1-15-10-6-9-13-20(15)25(23,24)21-18-12-8-7-11-17(18)16(2)19(21)14-22(3,4)5;/h6-13H,14H2,1-5H3;1H/q+1;/p-1. The van der Waals surface area contributed by atoms with E-state index in [9.17, 15) is 8.42 Å². The van der Waals surface area contributed by atoms with Gasteiger partial charge in [0.2, 0.25) is 0 Å². The molecule has 26 heavy (non-hydrogen) atoms. The molecule has 0 radical (unpaired) electrons. The zero-order chi connectivity index (χ0) is 18.4. The Morgan fingerprint density at radius 2 is 1.50 bits per heavy atom. The molecule has 0 atom stereocenters. The van der Waals surface area contributed by atoms with Crippen molar-refractivity contribution in [3.8, 4) is 0 Å². The van der Waals surface area contributed by atoms with Gasteiger partial charge in [-0.2, -0.15) is 0 Å². The first-order valence-corrected chi connectivity index (χ1v) is 9.77. The third-order valence-electron chi connectivity index (χ3n) is 4.44. The molecule has 0 unspecified atom stereocenters. The molecule has 0 aliphatic carbocycles. The van der Waals surface area contributed by atoms with Gasteiger partial charge in [0, 0.05) is 5.39 Å². The Labute approximate surface area is 173 Å². The minimum atomic E-state index is -3.67. The van der Waals surface area contributed by atoms with E-state index in [-0.39, 0.29) is 24.0 Å². The van der Waals surface area contributed by atoms with Crippen molar-refractivity contribution in [2.24, 2.45) is 0 Å². The van der Waals surface area contributed by atoms with Crippen molar-refractivity contribution in [1.29, 1.82) is 0 Å². The summed E-state index contributed by atoms with van der Waals surface area (Å²) >= 11 is 0. The molecule has 1 aromatic heterocycles. The van der Waals surface area contributed by atoms with Crippen molar-refractivity contribution < 1.29 is 36.9 Å². The molecule has 0 bridgehead atoms. The van der Waals surface area contributed by atoms with E-state index in [1.54, 1.807) is 16.1 Å². The summed E-state index contributed by atoms with van der Waals surface area (Å²) in [6, 6.07) is 14.9. The Balaban J connectivity index is 0.00000243. The van der Waals surface area contributed by atoms with Crippen LogP contribution < -0.4 is 24.0 Å². The van der Waals surface area contributed by atoms with Gasteiger partial charge in [-0.25, -0.2) is 12.4 Å². The highest BCUT2D eigenvalue weighted by atomic mass is 127. The number of benzene rings is 2. The summed E-state index contributed by atoms with van der Waals surface area (Å²) in [5.41, 5.74) is 3.37. The largest absolute Gasteiger partial charge is 1.00 e. The molecule has 0 N–H and O–H groups in total. The lowest BCUT2D eigenvalue weighted by Crippen LogP contribution is -3.00. The number of aryl methyl sites for hydroxylation is 2. The number of nitrogens with zero attached hydrogens (tertiary/aromatic N) is 2. The summed E-state index contributed by atoms with van der Waals surface area (Å²) < 4.78 is 29.3. The van der Waals surface area contributed by atoms with Gasteiger partial charge in [-0.3, -0.25) is 0 Å². The van der Waals surface area contributed by atoms with Crippen LogP contribution in [0.25, 0.3) is 10.9 Å².